The lowest BCUT2D eigenvalue weighted by atomic mass is 9.93. The van der Waals surface area contributed by atoms with Gasteiger partial charge in [0.05, 0.1) is 5.56 Å². The van der Waals surface area contributed by atoms with Crippen molar-refractivity contribution in [2.75, 3.05) is 33.7 Å². The second-order valence-electron chi connectivity index (χ2n) is 8.07. The zero-order chi connectivity index (χ0) is 21.1. The number of carbonyl (C=O) groups excluding carboxylic acids is 1. The molecular weight excluding hydrogens is 381 g/mol. The minimum Gasteiger partial charge on any atom is -0.359 e. The van der Waals surface area contributed by atoms with Crippen molar-refractivity contribution in [2.45, 2.75) is 43.7 Å². The summed E-state index contributed by atoms with van der Waals surface area (Å²) in [7, 11) is 3.38. The van der Waals surface area contributed by atoms with Gasteiger partial charge in [0.25, 0.3) is 0 Å². The van der Waals surface area contributed by atoms with Crippen molar-refractivity contribution in [2.24, 2.45) is 10.9 Å². The molecule has 1 saturated carbocycles. The molecule has 0 spiro atoms. The van der Waals surface area contributed by atoms with Gasteiger partial charge in [-0.05, 0) is 43.2 Å². The highest BCUT2D eigenvalue weighted by Crippen LogP contribution is 2.48. The van der Waals surface area contributed by atoms with E-state index in [0.29, 0.717) is 18.9 Å². The number of guanidine groups is 1. The summed E-state index contributed by atoms with van der Waals surface area (Å²) in [6.45, 7) is 2.20. The highest BCUT2D eigenvalue weighted by molar-refractivity contribution is 5.80. The fourth-order valence-electron chi connectivity index (χ4n) is 4.04. The molecule has 8 heteroatoms. The van der Waals surface area contributed by atoms with Crippen LogP contribution in [0.4, 0.5) is 13.2 Å². The van der Waals surface area contributed by atoms with Gasteiger partial charge in [0, 0.05) is 45.6 Å². The zero-order valence-corrected chi connectivity index (χ0v) is 17.0. The third-order valence-electron chi connectivity index (χ3n) is 6.12. The SMILES string of the molecule is CN=C(NCC1(c2cccc(C(F)(F)F)c2)CC1)N1CCC(CC(=O)NC)CC1. The van der Waals surface area contributed by atoms with Crippen LogP contribution in [-0.4, -0.2) is 50.5 Å². The van der Waals surface area contributed by atoms with Gasteiger partial charge in [0.2, 0.25) is 5.91 Å². The molecule has 2 aliphatic rings. The van der Waals surface area contributed by atoms with Crippen LogP contribution < -0.4 is 10.6 Å². The number of aliphatic imine (C=N–C) groups is 1. The Morgan fingerprint density at radius 1 is 1.28 bits per heavy atom. The number of likely N-dealkylation sites (tertiary alicyclic amines) is 1. The van der Waals surface area contributed by atoms with Gasteiger partial charge in [0.15, 0.2) is 5.96 Å². The van der Waals surface area contributed by atoms with Crippen LogP contribution in [0.5, 0.6) is 0 Å². The van der Waals surface area contributed by atoms with Crippen LogP contribution >= 0.6 is 0 Å². The van der Waals surface area contributed by atoms with Crippen LogP contribution in [0.2, 0.25) is 0 Å². The summed E-state index contributed by atoms with van der Waals surface area (Å²) < 4.78 is 39.2. The first kappa shape index (κ1) is 21.5. The maximum atomic E-state index is 13.1. The number of halogens is 3. The molecule has 1 aromatic carbocycles. The molecule has 3 rings (SSSR count). The van der Waals surface area contributed by atoms with Gasteiger partial charge < -0.3 is 15.5 Å². The fraction of sp³-hybridized carbons (Fsp3) is 0.619. The summed E-state index contributed by atoms with van der Waals surface area (Å²) in [6, 6.07) is 5.68. The van der Waals surface area contributed by atoms with Crippen LogP contribution in [0.15, 0.2) is 29.3 Å². The molecule has 1 saturated heterocycles. The summed E-state index contributed by atoms with van der Waals surface area (Å²) in [5.41, 5.74) is -0.113. The second-order valence-corrected chi connectivity index (χ2v) is 8.07. The molecule has 29 heavy (non-hydrogen) atoms. The number of hydrogen-bond acceptors (Lipinski definition) is 2. The Morgan fingerprint density at radius 3 is 2.52 bits per heavy atom. The Balaban J connectivity index is 1.57. The number of piperidine rings is 1. The van der Waals surface area contributed by atoms with E-state index in [9.17, 15) is 18.0 Å². The maximum absolute atomic E-state index is 13.1. The van der Waals surface area contributed by atoms with Gasteiger partial charge >= 0.3 is 6.18 Å². The summed E-state index contributed by atoms with van der Waals surface area (Å²) >= 11 is 0. The van der Waals surface area contributed by atoms with E-state index >= 15 is 0 Å². The average Bonchev–Trinajstić information content (AvgIpc) is 3.50. The Labute approximate surface area is 169 Å². The van der Waals surface area contributed by atoms with E-state index in [-0.39, 0.29) is 11.3 Å². The molecule has 1 aromatic rings. The highest BCUT2D eigenvalue weighted by Gasteiger charge is 2.45. The van der Waals surface area contributed by atoms with Gasteiger partial charge in [-0.1, -0.05) is 18.2 Å². The Kier molecular flexibility index (Phi) is 6.39. The van der Waals surface area contributed by atoms with Crippen molar-refractivity contribution < 1.29 is 18.0 Å². The van der Waals surface area contributed by atoms with E-state index < -0.39 is 11.7 Å². The molecule has 0 unspecified atom stereocenters. The normalized spacial score (nSPS) is 19.8. The lowest BCUT2D eigenvalue weighted by molar-refractivity contribution is -0.137. The topological polar surface area (TPSA) is 56.7 Å². The van der Waals surface area contributed by atoms with Crippen molar-refractivity contribution in [1.29, 1.82) is 0 Å². The van der Waals surface area contributed by atoms with Gasteiger partial charge in [-0.15, -0.1) is 0 Å². The number of nitrogens with one attached hydrogen (secondary N) is 2. The van der Waals surface area contributed by atoms with Crippen LogP contribution in [0, 0.1) is 5.92 Å². The molecular formula is C21H29F3N4O. The van der Waals surface area contributed by atoms with Crippen molar-refractivity contribution in [3.05, 3.63) is 35.4 Å². The van der Waals surface area contributed by atoms with E-state index in [0.717, 1.165) is 56.4 Å². The number of benzene rings is 1. The van der Waals surface area contributed by atoms with Crippen molar-refractivity contribution in [3.8, 4) is 0 Å². The minimum absolute atomic E-state index is 0.0720. The predicted molar refractivity (Wildman–Crippen MR) is 107 cm³/mol. The van der Waals surface area contributed by atoms with Crippen LogP contribution in [0.25, 0.3) is 0 Å². The summed E-state index contributed by atoms with van der Waals surface area (Å²) in [5, 5.41) is 6.05. The molecule has 1 heterocycles. The molecule has 0 radical (unpaired) electrons. The summed E-state index contributed by atoms with van der Waals surface area (Å²) in [4.78, 5) is 18.1. The lowest BCUT2D eigenvalue weighted by Gasteiger charge is -2.34. The Hall–Kier alpha value is -2.25. The standard InChI is InChI=1S/C21H29F3N4O/c1-25-18(29)12-15-6-10-28(11-7-15)19(26-2)27-14-20(8-9-20)16-4-3-5-17(13-16)21(22,23)24/h3-5,13,15H,6-12,14H2,1-2H3,(H,25,29)(H,26,27). The highest BCUT2D eigenvalue weighted by atomic mass is 19.4. The Morgan fingerprint density at radius 2 is 1.97 bits per heavy atom. The molecule has 0 atom stereocenters. The number of nitrogens with zero attached hydrogens (tertiary/aromatic N) is 2. The number of rotatable bonds is 5. The average molecular weight is 410 g/mol. The number of amides is 1. The van der Waals surface area contributed by atoms with Crippen LogP contribution in [-0.2, 0) is 16.4 Å². The van der Waals surface area contributed by atoms with Crippen LogP contribution in [0.3, 0.4) is 0 Å². The first-order valence-electron chi connectivity index (χ1n) is 10.1. The van der Waals surface area contributed by atoms with Crippen molar-refractivity contribution in [1.82, 2.24) is 15.5 Å². The van der Waals surface area contributed by atoms with E-state index in [2.05, 4.69) is 20.5 Å². The third kappa shape index (κ3) is 5.22. The number of hydrogen-bond donors (Lipinski definition) is 2. The predicted octanol–water partition coefficient (Wildman–Crippen LogP) is 3.16. The Bertz CT molecular complexity index is 751. The largest absolute Gasteiger partial charge is 0.416 e. The molecule has 0 aromatic heterocycles. The maximum Gasteiger partial charge on any atom is 0.416 e. The molecule has 1 aliphatic heterocycles. The molecule has 2 N–H and O–H groups in total. The number of alkyl halides is 3. The number of carbonyl (C=O) groups is 1. The minimum atomic E-state index is -4.32. The molecule has 0 bridgehead atoms. The lowest BCUT2D eigenvalue weighted by Crippen LogP contribution is -2.47. The van der Waals surface area contributed by atoms with E-state index in [1.807, 2.05) is 0 Å². The van der Waals surface area contributed by atoms with Gasteiger partial charge in [-0.25, -0.2) is 0 Å². The first-order valence-corrected chi connectivity index (χ1v) is 10.1. The quantitative estimate of drug-likeness (QED) is 0.579. The van der Waals surface area contributed by atoms with Crippen LogP contribution in [0.1, 0.15) is 43.2 Å². The molecule has 1 aliphatic carbocycles. The van der Waals surface area contributed by atoms with Gasteiger partial charge in [-0.3, -0.25) is 9.79 Å². The van der Waals surface area contributed by atoms with Gasteiger partial charge in [-0.2, -0.15) is 13.2 Å². The second kappa shape index (κ2) is 8.63. The van der Waals surface area contributed by atoms with E-state index in [4.69, 9.17) is 0 Å². The van der Waals surface area contributed by atoms with Crippen molar-refractivity contribution >= 4 is 11.9 Å². The van der Waals surface area contributed by atoms with Gasteiger partial charge in [0.1, 0.15) is 0 Å². The monoisotopic (exact) mass is 410 g/mol. The molecule has 160 valence electrons. The summed E-state index contributed by atoms with van der Waals surface area (Å²) in [6.07, 6.45) is -0.192. The smallest absolute Gasteiger partial charge is 0.359 e. The van der Waals surface area contributed by atoms with Crippen molar-refractivity contribution in [3.63, 3.8) is 0 Å². The summed E-state index contributed by atoms with van der Waals surface area (Å²) in [5.74, 6) is 1.23. The first-order chi connectivity index (χ1) is 13.8. The van der Waals surface area contributed by atoms with E-state index in [1.54, 1.807) is 20.2 Å². The fourth-order valence-corrected chi connectivity index (χ4v) is 4.04. The van der Waals surface area contributed by atoms with E-state index in [1.165, 1.54) is 12.1 Å². The molecule has 2 fully saturated rings. The third-order valence-corrected chi connectivity index (χ3v) is 6.12. The molecule has 1 amide bonds. The molecule has 5 nitrogen and oxygen atoms in total. The zero-order valence-electron chi connectivity index (χ0n) is 17.0.